The molecule has 9 heteroatoms. The summed E-state index contributed by atoms with van der Waals surface area (Å²) in [6.45, 7) is 1.32. The monoisotopic (exact) mass is 402 g/mol. The number of amides is 1. The van der Waals surface area contributed by atoms with Gasteiger partial charge in [0.1, 0.15) is 11.9 Å². The van der Waals surface area contributed by atoms with E-state index in [0.29, 0.717) is 26.1 Å². The number of nitrogen functional groups attached to an aromatic ring is 1. The van der Waals surface area contributed by atoms with E-state index in [-0.39, 0.29) is 30.5 Å². The second kappa shape index (κ2) is 9.53. The molecule has 3 rings (SSSR count). The fraction of sp³-hybridized carbons (Fsp3) is 0.450. The molecular formula is C20H26N4O5. The summed E-state index contributed by atoms with van der Waals surface area (Å²) in [6, 6.07) is 9.27. The molecule has 1 aromatic heterocycles. The Bertz CT molecular complexity index is 948. The van der Waals surface area contributed by atoms with Crippen molar-refractivity contribution >= 4 is 17.4 Å². The molecule has 1 aliphatic rings. The zero-order chi connectivity index (χ0) is 20.8. The number of nitrogens with one attached hydrogen (secondary N) is 1. The van der Waals surface area contributed by atoms with E-state index in [4.69, 9.17) is 15.2 Å². The van der Waals surface area contributed by atoms with Crippen LogP contribution in [0.1, 0.15) is 24.8 Å². The van der Waals surface area contributed by atoms with E-state index in [1.165, 1.54) is 9.47 Å². The van der Waals surface area contributed by atoms with E-state index in [0.717, 1.165) is 12.0 Å². The Labute approximate surface area is 168 Å². The quantitative estimate of drug-likeness (QED) is 0.628. The summed E-state index contributed by atoms with van der Waals surface area (Å²) in [5, 5.41) is 0. The lowest BCUT2D eigenvalue weighted by molar-refractivity contribution is -0.127. The van der Waals surface area contributed by atoms with Gasteiger partial charge in [-0.05, 0) is 24.8 Å². The summed E-state index contributed by atoms with van der Waals surface area (Å²) in [5.41, 5.74) is 5.75. The minimum atomic E-state index is -0.694. The van der Waals surface area contributed by atoms with Crippen molar-refractivity contribution in [3.8, 4) is 0 Å². The number of aromatic nitrogens is 2. The molecule has 0 saturated carbocycles. The van der Waals surface area contributed by atoms with E-state index >= 15 is 0 Å². The number of nitrogens with zero attached hydrogens (tertiary/aromatic N) is 2. The maximum Gasteiger partial charge on any atom is 0.330 e. The van der Waals surface area contributed by atoms with Gasteiger partial charge in [0.25, 0.3) is 11.5 Å². The van der Waals surface area contributed by atoms with Crippen molar-refractivity contribution in [3.63, 3.8) is 0 Å². The van der Waals surface area contributed by atoms with Crippen molar-refractivity contribution in [2.24, 2.45) is 0 Å². The molecule has 1 unspecified atom stereocenters. The highest BCUT2D eigenvalue weighted by molar-refractivity contribution is 5.98. The topological polar surface area (TPSA) is 120 Å². The van der Waals surface area contributed by atoms with Crippen LogP contribution < -0.4 is 21.9 Å². The van der Waals surface area contributed by atoms with Crippen LogP contribution in [-0.4, -0.2) is 48.4 Å². The van der Waals surface area contributed by atoms with Gasteiger partial charge in [-0.2, -0.15) is 0 Å². The van der Waals surface area contributed by atoms with Crippen LogP contribution >= 0.6 is 0 Å². The summed E-state index contributed by atoms with van der Waals surface area (Å²) in [5.74, 6) is -0.382. The molecule has 0 bridgehead atoms. The fourth-order valence-corrected chi connectivity index (χ4v) is 3.41. The molecule has 156 valence electrons. The number of carbonyl (C=O) groups is 1. The third-order valence-electron chi connectivity index (χ3n) is 4.87. The number of aromatic amines is 1. The summed E-state index contributed by atoms with van der Waals surface area (Å²) in [6.07, 6.45) is 1.25. The first kappa shape index (κ1) is 20.8. The van der Waals surface area contributed by atoms with Crippen LogP contribution in [0.15, 0.2) is 39.9 Å². The maximum absolute atomic E-state index is 13.1. The molecule has 2 heterocycles. The third kappa shape index (κ3) is 4.75. The smallest absolute Gasteiger partial charge is 0.330 e. The summed E-state index contributed by atoms with van der Waals surface area (Å²) in [7, 11) is 1.56. The molecule has 1 atom stereocenters. The zero-order valence-corrected chi connectivity index (χ0v) is 16.4. The summed E-state index contributed by atoms with van der Waals surface area (Å²) >= 11 is 0. The number of hydrogen-bond donors (Lipinski definition) is 2. The van der Waals surface area contributed by atoms with Crippen LogP contribution in [0.5, 0.6) is 0 Å². The van der Waals surface area contributed by atoms with Gasteiger partial charge in [-0.3, -0.25) is 19.1 Å². The number of nitrogens with two attached hydrogens (primary N) is 1. The molecule has 29 heavy (non-hydrogen) atoms. The Morgan fingerprint density at radius 1 is 1.34 bits per heavy atom. The molecule has 0 spiro atoms. The standard InChI is InChI=1S/C20H26N4O5/c1-28-11-6-10-23(19(26)15-9-5-12-29-15)16-17(21)24(20(27)22-18(16)25)13-14-7-3-2-4-8-14/h2-4,7-8,15H,5-6,9-13,21H2,1H3,(H,22,25,27). The Morgan fingerprint density at radius 2 is 2.10 bits per heavy atom. The van der Waals surface area contributed by atoms with Gasteiger partial charge >= 0.3 is 5.69 Å². The van der Waals surface area contributed by atoms with Crippen molar-refractivity contribution in [3.05, 3.63) is 56.7 Å². The average molecular weight is 402 g/mol. The minimum absolute atomic E-state index is 0.0304. The van der Waals surface area contributed by atoms with Crippen molar-refractivity contribution in [1.29, 1.82) is 0 Å². The summed E-state index contributed by atoms with van der Waals surface area (Å²) in [4.78, 5) is 41.7. The van der Waals surface area contributed by atoms with E-state index in [1.54, 1.807) is 7.11 Å². The average Bonchev–Trinajstić information content (AvgIpc) is 3.25. The van der Waals surface area contributed by atoms with Crippen LogP contribution in [0, 0.1) is 0 Å². The maximum atomic E-state index is 13.1. The van der Waals surface area contributed by atoms with Gasteiger partial charge in [-0.25, -0.2) is 4.79 Å². The van der Waals surface area contributed by atoms with E-state index < -0.39 is 17.4 Å². The fourth-order valence-electron chi connectivity index (χ4n) is 3.41. The minimum Gasteiger partial charge on any atom is -0.385 e. The predicted molar refractivity (Wildman–Crippen MR) is 109 cm³/mol. The zero-order valence-electron chi connectivity index (χ0n) is 16.4. The molecule has 0 radical (unpaired) electrons. The van der Waals surface area contributed by atoms with Gasteiger partial charge in [0.15, 0.2) is 5.69 Å². The van der Waals surface area contributed by atoms with Gasteiger partial charge in [0.05, 0.1) is 6.54 Å². The Kier molecular flexibility index (Phi) is 6.84. The number of H-pyrrole nitrogens is 1. The van der Waals surface area contributed by atoms with Gasteiger partial charge in [0, 0.05) is 26.9 Å². The molecule has 1 amide bonds. The summed E-state index contributed by atoms with van der Waals surface area (Å²) < 4.78 is 11.8. The molecule has 1 fully saturated rings. The molecular weight excluding hydrogens is 376 g/mol. The SMILES string of the molecule is COCCCN(C(=O)C1CCCO1)c1c(N)n(Cc2ccccc2)c(=O)[nH]c1=O. The van der Waals surface area contributed by atoms with Gasteiger partial charge < -0.3 is 20.1 Å². The number of benzene rings is 1. The second-order valence-corrected chi connectivity index (χ2v) is 6.90. The molecule has 2 aromatic rings. The molecule has 9 nitrogen and oxygen atoms in total. The van der Waals surface area contributed by atoms with Crippen molar-refractivity contribution in [1.82, 2.24) is 9.55 Å². The first-order valence-electron chi connectivity index (χ1n) is 9.61. The van der Waals surface area contributed by atoms with Crippen molar-refractivity contribution in [2.75, 3.05) is 37.5 Å². The lowest BCUT2D eigenvalue weighted by Crippen LogP contribution is -2.45. The second-order valence-electron chi connectivity index (χ2n) is 6.90. The largest absolute Gasteiger partial charge is 0.385 e. The number of ether oxygens (including phenoxy) is 2. The molecule has 1 saturated heterocycles. The Morgan fingerprint density at radius 3 is 2.76 bits per heavy atom. The predicted octanol–water partition coefficient (Wildman–Crippen LogP) is 0.716. The highest BCUT2D eigenvalue weighted by atomic mass is 16.5. The normalized spacial score (nSPS) is 16.1. The highest BCUT2D eigenvalue weighted by Gasteiger charge is 2.32. The van der Waals surface area contributed by atoms with Gasteiger partial charge in [-0.1, -0.05) is 30.3 Å². The first-order valence-corrected chi connectivity index (χ1v) is 9.61. The van der Waals surface area contributed by atoms with Crippen LogP contribution in [0.25, 0.3) is 0 Å². The number of methoxy groups -OCH3 is 1. The van der Waals surface area contributed by atoms with Gasteiger partial charge in [0.2, 0.25) is 0 Å². The number of hydrogen-bond acceptors (Lipinski definition) is 6. The van der Waals surface area contributed by atoms with E-state index in [2.05, 4.69) is 4.98 Å². The number of carbonyl (C=O) groups excluding carboxylic acids is 1. The van der Waals surface area contributed by atoms with Crippen LogP contribution in [0.2, 0.25) is 0 Å². The Hall–Kier alpha value is -2.91. The van der Waals surface area contributed by atoms with Crippen molar-refractivity contribution < 1.29 is 14.3 Å². The lowest BCUT2D eigenvalue weighted by Gasteiger charge is -2.26. The van der Waals surface area contributed by atoms with E-state index in [9.17, 15) is 14.4 Å². The Balaban J connectivity index is 2.01. The number of anilines is 2. The van der Waals surface area contributed by atoms with Crippen LogP contribution in [0.3, 0.4) is 0 Å². The van der Waals surface area contributed by atoms with Gasteiger partial charge in [-0.15, -0.1) is 0 Å². The van der Waals surface area contributed by atoms with Crippen LogP contribution in [0.4, 0.5) is 11.5 Å². The lowest BCUT2D eigenvalue weighted by atomic mass is 10.2. The van der Waals surface area contributed by atoms with E-state index in [1.807, 2.05) is 30.3 Å². The van der Waals surface area contributed by atoms with Crippen molar-refractivity contribution in [2.45, 2.75) is 31.9 Å². The number of rotatable bonds is 8. The molecule has 3 N–H and O–H groups in total. The third-order valence-corrected chi connectivity index (χ3v) is 4.87. The van der Waals surface area contributed by atoms with Crippen LogP contribution in [-0.2, 0) is 20.8 Å². The first-order chi connectivity index (χ1) is 14.0. The molecule has 0 aliphatic carbocycles. The highest BCUT2D eigenvalue weighted by Crippen LogP contribution is 2.22. The molecule has 1 aliphatic heterocycles. The molecule has 1 aromatic carbocycles.